The summed E-state index contributed by atoms with van der Waals surface area (Å²) in [6, 6.07) is -0.209. The molecule has 1 unspecified atom stereocenters. The van der Waals surface area contributed by atoms with Gasteiger partial charge in [-0.15, -0.1) is 0 Å². The highest BCUT2D eigenvalue weighted by Crippen LogP contribution is 1.97. The lowest BCUT2D eigenvalue weighted by atomic mass is 10.2. The van der Waals surface area contributed by atoms with Crippen molar-refractivity contribution in [2.45, 2.75) is 19.4 Å². The fraction of sp³-hybridized carbons (Fsp3) is 0.500. The van der Waals surface area contributed by atoms with Crippen LogP contribution in [-0.2, 0) is 9.53 Å². The molecule has 0 amide bonds. The summed E-state index contributed by atoms with van der Waals surface area (Å²) >= 11 is 0. The second-order valence-electron chi connectivity index (χ2n) is 2.03. The third kappa shape index (κ3) is 4.15. The van der Waals surface area contributed by atoms with Crippen LogP contribution in [0.3, 0.4) is 0 Å². The number of hydrogen-bond acceptors (Lipinski definition) is 2. The Morgan fingerprint density at radius 2 is 2.55 bits per heavy atom. The van der Waals surface area contributed by atoms with Crippen molar-refractivity contribution in [3.63, 3.8) is 0 Å². The molecule has 3 heteroatoms. The first-order chi connectivity index (χ1) is 5.24. The maximum Gasteiger partial charge on any atom is 0.330 e. The van der Waals surface area contributed by atoms with Crippen LogP contribution in [0.1, 0.15) is 13.3 Å². The van der Waals surface area contributed by atoms with Crippen molar-refractivity contribution in [2.24, 2.45) is 0 Å². The molecule has 0 spiro atoms. The fourth-order valence-corrected chi connectivity index (χ4v) is 0.484. The average Bonchev–Trinajstić information content (AvgIpc) is 2.06. The minimum Gasteiger partial charge on any atom is -0.454 e. The zero-order valence-electron chi connectivity index (χ0n) is 6.54. The van der Waals surface area contributed by atoms with Crippen LogP contribution in [-0.4, -0.2) is 18.6 Å². The van der Waals surface area contributed by atoms with Crippen molar-refractivity contribution in [1.29, 1.82) is 0 Å². The number of hydrogen-bond donors (Lipinski definition) is 0. The molecule has 1 atom stereocenters. The van der Waals surface area contributed by atoms with E-state index in [1.54, 1.807) is 0 Å². The molecule has 0 rings (SSSR count). The van der Waals surface area contributed by atoms with Gasteiger partial charge in [-0.2, -0.15) is 0 Å². The smallest absolute Gasteiger partial charge is 0.330 e. The normalized spacial score (nSPS) is 11.3. The molecule has 0 saturated heterocycles. The Bertz CT molecular complexity index is 181. The highest BCUT2D eigenvalue weighted by Gasteiger charge is 2.10. The molecule has 0 aromatic rings. The molecule has 0 fully saturated rings. The third-order valence-electron chi connectivity index (χ3n) is 1.24. The van der Waals surface area contributed by atoms with Gasteiger partial charge in [0, 0.05) is 12.5 Å². The number of carbonyl (C=O) groups excluding carboxylic acids is 1. The summed E-state index contributed by atoms with van der Waals surface area (Å²) in [5, 5.41) is 0. The molecule has 11 heavy (non-hydrogen) atoms. The molecular formula is C8H11NO2. The van der Waals surface area contributed by atoms with Crippen LogP contribution in [0.5, 0.6) is 0 Å². The first-order valence-electron chi connectivity index (χ1n) is 3.40. The van der Waals surface area contributed by atoms with Crippen molar-refractivity contribution < 1.29 is 9.53 Å². The van der Waals surface area contributed by atoms with E-state index in [-0.39, 0.29) is 12.6 Å². The summed E-state index contributed by atoms with van der Waals surface area (Å²) in [7, 11) is 0. The molecule has 0 aliphatic carbocycles. The van der Waals surface area contributed by atoms with Gasteiger partial charge < -0.3 is 9.58 Å². The summed E-state index contributed by atoms with van der Waals surface area (Å²) in [6.07, 6.45) is 1.80. The van der Waals surface area contributed by atoms with Crippen LogP contribution >= 0.6 is 0 Å². The van der Waals surface area contributed by atoms with Gasteiger partial charge in [-0.05, 0) is 0 Å². The van der Waals surface area contributed by atoms with Crippen molar-refractivity contribution in [2.75, 3.05) is 6.61 Å². The van der Waals surface area contributed by atoms with Gasteiger partial charge >= 0.3 is 5.97 Å². The van der Waals surface area contributed by atoms with Crippen molar-refractivity contribution in [3.05, 3.63) is 24.1 Å². The minimum absolute atomic E-state index is 0.171. The zero-order chi connectivity index (χ0) is 8.69. The number of rotatable bonds is 4. The fourth-order valence-electron chi connectivity index (χ4n) is 0.484. The topological polar surface area (TPSA) is 30.7 Å². The quantitative estimate of drug-likeness (QED) is 0.347. The Morgan fingerprint density at radius 1 is 1.91 bits per heavy atom. The molecule has 0 aromatic heterocycles. The first kappa shape index (κ1) is 9.70. The average molecular weight is 153 g/mol. The lowest BCUT2D eigenvalue weighted by Gasteiger charge is -2.01. The van der Waals surface area contributed by atoms with E-state index >= 15 is 0 Å². The number of esters is 1. The molecule has 0 aromatic carbocycles. The van der Waals surface area contributed by atoms with Crippen LogP contribution in [0.25, 0.3) is 4.85 Å². The van der Waals surface area contributed by atoms with E-state index in [1.165, 1.54) is 0 Å². The second kappa shape index (κ2) is 5.48. The minimum atomic E-state index is -0.466. The Kier molecular flexibility index (Phi) is 4.83. The highest BCUT2D eigenvalue weighted by atomic mass is 16.5. The molecule has 0 N–H and O–H groups in total. The second-order valence-corrected chi connectivity index (χ2v) is 2.03. The van der Waals surface area contributed by atoms with Gasteiger partial charge in [-0.1, -0.05) is 13.5 Å². The van der Waals surface area contributed by atoms with Crippen molar-refractivity contribution >= 4 is 5.97 Å². The standard InChI is InChI=1S/C8H11NO2/c1-4-7(9-3)6-11-8(10)5-2/h5,7H,2,4,6H2,1H3. The number of carbonyl (C=O) groups is 1. The van der Waals surface area contributed by atoms with Gasteiger partial charge in [0.05, 0.1) is 0 Å². The summed E-state index contributed by atoms with van der Waals surface area (Å²) in [4.78, 5) is 13.8. The van der Waals surface area contributed by atoms with Crippen LogP contribution in [0.4, 0.5) is 0 Å². The van der Waals surface area contributed by atoms with Crippen molar-refractivity contribution in [1.82, 2.24) is 0 Å². The number of nitrogens with zero attached hydrogens (tertiary/aromatic N) is 1. The Hall–Kier alpha value is -1.30. The van der Waals surface area contributed by atoms with E-state index < -0.39 is 5.97 Å². The van der Waals surface area contributed by atoms with Gasteiger partial charge in [0.15, 0.2) is 6.61 Å². The summed E-state index contributed by atoms with van der Waals surface area (Å²) in [5.74, 6) is -0.466. The van der Waals surface area contributed by atoms with E-state index in [1.807, 2.05) is 6.92 Å². The van der Waals surface area contributed by atoms with Crippen LogP contribution in [0.2, 0.25) is 0 Å². The largest absolute Gasteiger partial charge is 0.454 e. The summed E-state index contributed by atoms with van der Waals surface area (Å²) in [5.41, 5.74) is 0. The monoisotopic (exact) mass is 153 g/mol. The molecule has 0 aliphatic heterocycles. The molecule has 0 heterocycles. The van der Waals surface area contributed by atoms with Gasteiger partial charge in [0.2, 0.25) is 0 Å². The van der Waals surface area contributed by atoms with Gasteiger partial charge in [0.25, 0.3) is 6.04 Å². The molecule has 0 saturated carbocycles. The Labute approximate surface area is 66.5 Å². The van der Waals surface area contributed by atoms with E-state index in [9.17, 15) is 4.79 Å². The maximum atomic E-state index is 10.5. The summed E-state index contributed by atoms with van der Waals surface area (Å²) in [6.45, 7) is 12.0. The van der Waals surface area contributed by atoms with Crippen molar-refractivity contribution in [3.8, 4) is 0 Å². The van der Waals surface area contributed by atoms with E-state index in [2.05, 4.69) is 16.2 Å². The van der Waals surface area contributed by atoms with Gasteiger partial charge in [0.1, 0.15) is 0 Å². The van der Waals surface area contributed by atoms with E-state index in [4.69, 9.17) is 6.57 Å². The Balaban J connectivity index is 3.61. The SMILES string of the molecule is [C-]#[N+]C(CC)COC(=O)C=C. The predicted molar refractivity (Wildman–Crippen MR) is 41.8 cm³/mol. The molecule has 3 nitrogen and oxygen atoms in total. The van der Waals surface area contributed by atoms with Crippen LogP contribution in [0.15, 0.2) is 12.7 Å². The predicted octanol–water partition coefficient (Wildman–Crippen LogP) is 1.41. The molecule has 0 radical (unpaired) electrons. The lowest BCUT2D eigenvalue weighted by molar-refractivity contribution is -0.137. The highest BCUT2D eigenvalue weighted by molar-refractivity contribution is 5.81. The Morgan fingerprint density at radius 3 is 2.91 bits per heavy atom. The molecule has 0 aliphatic rings. The van der Waals surface area contributed by atoms with E-state index in [0.717, 1.165) is 6.08 Å². The number of ether oxygens (including phenoxy) is 1. The maximum absolute atomic E-state index is 10.5. The first-order valence-corrected chi connectivity index (χ1v) is 3.40. The van der Waals surface area contributed by atoms with Crippen LogP contribution in [0, 0.1) is 6.57 Å². The lowest BCUT2D eigenvalue weighted by Crippen LogP contribution is -2.13. The molecule has 0 bridgehead atoms. The van der Waals surface area contributed by atoms with E-state index in [0.29, 0.717) is 6.42 Å². The van der Waals surface area contributed by atoms with Gasteiger partial charge in [-0.3, -0.25) is 0 Å². The van der Waals surface area contributed by atoms with Gasteiger partial charge in [-0.25, -0.2) is 11.4 Å². The third-order valence-corrected chi connectivity index (χ3v) is 1.24. The van der Waals surface area contributed by atoms with Crippen LogP contribution < -0.4 is 0 Å². The zero-order valence-corrected chi connectivity index (χ0v) is 6.54. The summed E-state index contributed by atoms with van der Waals surface area (Å²) < 4.78 is 4.66. The molecular weight excluding hydrogens is 142 g/mol. The molecule has 60 valence electrons.